The number of rotatable bonds is 9. The van der Waals surface area contributed by atoms with Gasteiger partial charge in [0.15, 0.2) is 10.8 Å². The van der Waals surface area contributed by atoms with E-state index in [4.69, 9.17) is 10.7 Å². The van der Waals surface area contributed by atoms with Crippen LogP contribution in [0.2, 0.25) is 0 Å². The molecule has 41 heavy (non-hydrogen) atoms. The van der Waals surface area contributed by atoms with Crippen LogP contribution in [0.4, 0.5) is 5.13 Å². The number of aliphatic hydroxyl groups is 1. The largest absolute Gasteiger partial charge is 0.394 e. The molecule has 0 aliphatic rings. The Morgan fingerprint density at radius 2 is 1.85 bits per heavy atom. The summed E-state index contributed by atoms with van der Waals surface area (Å²) in [5.41, 5.74) is 10.8. The molecule has 9 nitrogen and oxygen atoms in total. The van der Waals surface area contributed by atoms with Gasteiger partial charge in [0.25, 0.3) is 11.8 Å². The van der Waals surface area contributed by atoms with Crippen molar-refractivity contribution in [2.24, 2.45) is 0 Å². The fraction of sp³-hybridized carbons (Fsp3) is 0.133. The normalized spacial score (nSPS) is 12.0. The molecular weight excluding hydrogens is 557 g/mol. The number of nitrogens with one attached hydrogen (secondary N) is 2. The molecule has 1 atom stereocenters. The molecule has 4 aromatic heterocycles. The molecule has 2 aromatic carbocycles. The number of carbonyl (C=O) groups is 2. The number of amides is 2. The summed E-state index contributed by atoms with van der Waals surface area (Å²) < 4.78 is 2.59. The summed E-state index contributed by atoms with van der Waals surface area (Å²) in [7, 11) is 0. The third-order valence-corrected chi connectivity index (χ3v) is 8.24. The molecule has 2 amide bonds. The van der Waals surface area contributed by atoms with E-state index in [1.165, 1.54) is 22.7 Å². The number of fused-ring (bicyclic) bond motifs is 2. The number of thiazole rings is 1. The van der Waals surface area contributed by atoms with Crippen molar-refractivity contribution < 1.29 is 14.7 Å². The maximum atomic E-state index is 13.7. The van der Waals surface area contributed by atoms with Gasteiger partial charge in [-0.15, -0.1) is 0 Å². The summed E-state index contributed by atoms with van der Waals surface area (Å²) in [4.78, 5) is 36.1. The first kappa shape index (κ1) is 26.6. The van der Waals surface area contributed by atoms with Gasteiger partial charge >= 0.3 is 0 Å². The number of pyridine rings is 1. The summed E-state index contributed by atoms with van der Waals surface area (Å²) in [5, 5.41) is 20.3. The Balaban J connectivity index is 1.30. The number of hydrogen-bond donors (Lipinski definition) is 4. The molecule has 5 N–H and O–H groups in total. The molecule has 0 radical (unpaired) electrons. The Labute approximate surface area is 243 Å². The minimum absolute atomic E-state index is 0.223. The van der Waals surface area contributed by atoms with Crippen molar-refractivity contribution >= 4 is 55.5 Å². The van der Waals surface area contributed by atoms with E-state index in [2.05, 4.69) is 15.6 Å². The second-order valence-electron chi connectivity index (χ2n) is 9.52. The van der Waals surface area contributed by atoms with E-state index >= 15 is 0 Å². The highest BCUT2D eigenvalue weighted by Crippen LogP contribution is 2.28. The van der Waals surface area contributed by atoms with E-state index in [9.17, 15) is 14.7 Å². The second kappa shape index (κ2) is 11.5. The zero-order valence-corrected chi connectivity index (χ0v) is 23.4. The lowest BCUT2D eigenvalue weighted by atomic mass is 10.1. The van der Waals surface area contributed by atoms with E-state index in [0.717, 1.165) is 26.9 Å². The van der Waals surface area contributed by atoms with Gasteiger partial charge in [-0.25, -0.2) is 9.97 Å². The van der Waals surface area contributed by atoms with Crippen LogP contribution in [0.25, 0.3) is 27.1 Å². The van der Waals surface area contributed by atoms with Crippen molar-refractivity contribution in [2.45, 2.75) is 19.0 Å². The predicted octanol–water partition coefficient (Wildman–Crippen LogP) is 4.52. The topological polar surface area (TPSA) is 135 Å². The van der Waals surface area contributed by atoms with E-state index in [1.54, 1.807) is 22.7 Å². The first-order valence-corrected chi connectivity index (χ1v) is 14.7. The SMILES string of the molecule is Nc1nc2ccc(CNC(=O)c3cccn4c(C(=O)N[C@H](CO)Cc5ccccc5)c(-c5ccsc5)nc34)cc2s1. The van der Waals surface area contributed by atoms with Gasteiger partial charge in [0.1, 0.15) is 11.4 Å². The number of benzene rings is 2. The number of anilines is 1. The van der Waals surface area contributed by atoms with Gasteiger partial charge in [0, 0.05) is 23.7 Å². The van der Waals surface area contributed by atoms with Crippen LogP contribution in [0.3, 0.4) is 0 Å². The standard InChI is InChI=1S/C30H26N6O3S2/c31-30-34-23-9-8-19(14-24(23)41-30)15-32-28(38)22-7-4-11-36-26(25(35-27(22)36)20-10-12-40-17-20)29(39)33-21(16-37)13-18-5-2-1-3-6-18/h1-12,14,17,21,37H,13,15-16H2,(H2,31,34)(H,32,38)(H,33,39)/t21-/m0/s1. The Kier molecular flexibility index (Phi) is 7.47. The van der Waals surface area contributed by atoms with Gasteiger partial charge in [-0.2, -0.15) is 11.3 Å². The van der Waals surface area contributed by atoms with Gasteiger partial charge in [-0.05, 0) is 53.3 Å². The smallest absolute Gasteiger partial charge is 0.270 e. The van der Waals surface area contributed by atoms with Crippen molar-refractivity contribution in [3.63, 3.8) is 0 Å². The number of nitrogen functional groups attached to an aromatic ring is 1. The minimum atomic E-state index is -0.497. The highest BCUT2D eigenvalue weighted by molar-refractivity contribution is 7.22. The van der Waals surface area contributed by atoms with Crippen LogP contribution in [-0.2, 0) is 13.0 Å². The van der Waals surface area contributed by atoms with Crippen molar-refractivity contribution in [1.29, 1.82) is 0 Å². The third-order valence-electron chi connectivity index (χ3n) is 6.71. The van der Waals surface area contributed by atoms with Gasteiger partial charge in [0.2, 0.25) is 0 Å². The van der Waals surface area contributed by atoms with Crippen LogP contribution in [0.5, 0.6) is 0 Å². The molecule has 0 unspecified atom stereocenters. The fourth-order valence-electron chi connectivity index (χ4n) is 4.75. The first-order valence-electron chi connectivity index (χ1n) is 12.9. The van der Waals surface area contributed by atoms with E-state index in [0.29, 0.717) is 40.7 Å². The predicted molar refractivity (Wildman–Crippen MR) is 162 cm³/mol. The number of hydrogen-bond acceptors (Lipinski definition) is 8. The van der Waals surface area contributed by atoms with E-state index in [1.807, 2.05) is 65.4 Å². The molecule has 0 bridgehead atoms. The quantitative estimate of drug-likeness (QED) is 0.198. The molecule has 0 spiro atoms. The number of aliphatic hydroxyl groups excluding tert-OH is 1. The lowest BCUT2D eigenvalue weighted by Crippen LogP contribution is -2.39. The van der Waals surface area contributed by atoms with Crippen molar-refractivity contribution in [3.8, 4) is 11.3 Å². The maximum absolute atomic E-state index is 13.7. The van der Waals surface area contributed by atoms with Crippen molar-refractivity contribution in [1.82, 2.24) is 25.0 Å². The summed E-state index contributed by atoms with van der Waals surface area (Å²) in [5.74, 6) is -0.700. The highest BCUT2D eigenvalue weighted by atomic mass is 32.1. The Morgan fingerprint density at radius 1 is 1.00 bits per heavy atom. The molecule has 4 heterocycles. The summed E-state index contributed by atoms with van der Waals surface area (Å²) >= 11 is 2.89. The lowest BCUT2D eigenvalue weighted by molar-refractivity contribution is 0.0909. The van der Waals surface area contributed by atoms with Crippen LogP contribution in [-0.4, -0.2) is 43.9 Å². The molecule has 0 fully saturated rings. The van der Waals surface area contributed by atoms with Crippen LogP contribution in [0.1, 0.15) is 32.0 Å². The summed E-state index contributed by atoms with van der Waals surface area (Å²) in [6, 6.07) is 20.2. The molecule has 0 saturated carbocycles. The number of imidazole rings is 1. The van der Waals surface area contributed by atoms with Crippen LogP contribution in [0.15, 0.2) is 83.7 Å². The summed E-state index contributed by atoms with van der Waals surface area (Å²) in [6.07, 6.45) is 2.19. The molecule has 6 aromatic rings. The first-order chi connectivity index (χ1) is 20.0. The van der Waals surface area contributed by atoms with Crippen molar-refractivity contribution in [3.05, 3.63) is 106 Å². The minimum Gasteiger partial charge on any atom is -0.394 e. The van der Waals surface area contributed by atoms with Gasteiger partial charge in [-0.1, -0.05) is 47.7 Å². The monoisotopic (exact) mass is 582 g/mol. The molecule has 6 rings (SSSR count). The molecule has 206 valence electrons. The molecule has 0 aliphatic heterocycles. The molecule has 0 saturated heterocycles. The molecule has 0 aliphatic carbocycles. The average molecular weight is 583 g/mol. The molecular formula is C30H26N6O3S2. The Hall–Kier alpha value is -4.58. The number of nitrogens with two attached hydrogens (primary N) is 1. The van der Waals surface area contributed by atoms with Crippen LogP contribution < -0.4 is 16.4 Å². The number of carbonyl (C=O) groups excluding carboxylic acids is 2. The maximum Gasteiger partial charge on any atom is 0.270 e. The van der Waals surface area contributed by atoms with Crippen molar-refractivity contribution in [2.75, 3.05) is 12.3 Å². The van der Waals surface area contributed by atoms with E-state index in [-0.39, 0.29) is 18.4 Å². The highest BCUT2D eigenvalue weighted by Gasteiger charge is 2.25. The zero-order valence-electron chi connectivity index (χ0n) is 21.8. The fourth-order valence-corrected chi connectivity index (χ4v) is 6.19. The van der Waals surface area contributed by atoms with Crippen LogP contribution in [0, 0.1) is 0 Å². The average Bonchev–Trinajstić information content (AvgIpc) is 3.73. The Bertz CT molecular complexity index is 1850. The summed E-state index contributed by atoms with van der Waals surface area (Å²) in [6.45, 7) is 0.0788. The zero-order chi connectivity index (χ0) is 28.3. The Morgan fingerprint density at radius 3 is 2.63 bits per heavy atom. The lowest BCUT2D eigenvalue weighted by Gasteiger charge is -2.17. The second-order valence-corrected chi connectivity index (χ2v) is 11.4. The number of nitrogens with zero attached hydrogens (tertiary/aromatic N) is 3. The van der Waals surface area contributed by atoms with E-state index < -0.39 is 6.04 Å². The third kappa shape index (κ3) is 5.55. The number of thiophene rings is 1. The van der Waals surface area contributed by atoms with Gasteiger partial charge in [0.05, 0.1) is 28.4 Å². The van der Waals surface area contributed by atoms with Crippen LogP contribution >= 0.6 is 22.7 Å². The number of aromatic nitrogens is 3. The van der Waals surface area contributed by atoms with Gasteiger partial charge in [-0.3, -0.25) is 14.0 Å². The van der Waals surface area contributed by atoms with Gasteiger partial charge < -0.3 is 21.5 Å². The molecule has 11 heteroatoms.